The van der Waals surface area contributed by atoms with Crippen LogP contribution in [-0.2, 0) is 6.42 Å². The van der Waals surface area contributed by atoms with Crippen LogP contribution >= 0.6 is 11.6 Å². The number of halogens is 1. The molecule has 1 heterocycles. The highest BCUT2D eigenvalue weighted by Gasteiger charge is 2.14. The van der Waals surface area contributed by atoms with Crippen LogP contribution in [0.3, 0.4) is 0 Å². The zero-order valence-electron chi connectivity index (χ0n) is 10.7. The van der Waals surface area contributed by atoms with Gasteiger partial charge in [0.15, 0.2) is 5.82 Å². The van der Waals surface area contributed by atoms with Gasteiger partial charge in [-0.05, 0) is 38.5 Å². The van der Waals surface area contributed by atoms with Crippen LogP contribution in [0.4, 0.5) is 6.01 Å². The van der Waals surface area contributed by atoms with Crippen molar-refractivity contribution in [3.05, 3.63) is 40.7 Å². The first kappa shape index (κ1) is 12.9. The lowest BCUT2D eigenvalue weighted by atomic mass is 10.1. The molecule has 0 spiro atoms. The van der Waals surface area contributed by atoms with Crippen LogP contribution in [-0.4, -0.2) is 15.7 Å². The van der Waals surface area contributed by atoms with Gasteiger partial charge in [0.25, 0.3) is 0 Å². The molecular weight excluding hydrogens is 250 g/mol. The minimum absolute atomic E-state index is 0.0932. The first-order valence-electron chi connectivity index (χ1n) is 5.77. The molecular formula is C13H16ClN3O. The molecule has 0 amide bonds. The van der Waals surface area contributed by atoms with Gasteiger partial charge >= 0.3 is 6.01 Å². The number of benzene rings is 1. The Kier molecular flexibility index (Phi) is 3.57. The minimum Gasteiger partial charge on any atom is -0.333 e. The Bertz CT molecular complexity index is 514. The van der Waals surface area contributed by atoms with Crippen molar-refractivity contribution >= 4 is 17.6 Å². The van der Waals surface area contributed by atoms with E-state index in [9.17, 15) is 0 Å². The summed E-state index contributed by atoms with van der Waals surface area (Å²) in [4.78, 5) is 4.29. The van der Waals surface area contributed by atoms with E-state index in [2.05, 4.69) is 15.5 Å². The lowest BCUT2D eigenvalue weighted by molar-refractivity contribution is 0.413. The van der Waals surface area contributed by atoms with Gasteiger partial charge in [0, 0.05) is 17.0 Å². The predicted molar refractivity (Wildman–Crippen MR) is 71.9 cm³/mol. The maximum absolute atomic E-state index is 5.83. The number of rotatable bonds is 3. The van der Waals surface area contributed by atoms with Crippen molar-refractivity contribution in [3.8, 4) is 0 Å². The number of anilines is 1. The summed E-state index contributed by atoms with van der Waals surface area (Å²) < 4.78 is 5.14. The summed E-state index contributed by atoms with van der Waals surface area (Å²) in [5, 5.41) is 7.80. The first-order chi connectivity index (χ1) is 8.42. The molecule has 1 N–H and O–H groups in total. The molecule has 2 rings (SSSR count). The molecule has 1 aromatic heterocycles. The van der Waals surface area contributed by atoms with Crippen molar-refractivity contribution in [2.24, 2.45) is 0 Å². The summed E-state index contributed by atoms with van der Waals surface area (Å²) in [6, 6.07) is 8.06. The lowest BCUT2D eigenvalue weighted by Gasteiger charge is -2.17. The molecule has 1 aromatic carbocycles. The van der Waals surface area contributed by atoms with E-state index in [1.165, 1.54) is 0 Å². The molecule has 5 heteroatoms. The van der Waals surface area contributed by atoms with E-state index < -0.39 is 0 Å². The highest BCUT2D eigenvalue weighted by molar-refractivity contribution is 6.30. The second-order valence-electron chi connectivity index (χ2n) is 5.19. The summed E-state index contributed by atoms with van der Waals surface area (Å²) in [7, 11) is 0. The van der Waals surface area contributed by atoms with Gasteiger partial charge in [0.2, 0.25) is 0 Å². The zero-order chi connectivity index (χ0) is 13.2. The molecule has 0 saturated heterocycles. The van der Waals surface area contributed by atoms with Gasteiger partial charge in [-0.1, -0.05) is 28.9 Å². The topological polar surface area (TPSA) is 51.0 Å². The van der Waals surface area contributed by atoms with Crippen LogP contribution in [0.15, 0.2) is 28.8 Å². The van der Waals surface area contributed by atoms with E-state index in [-0.39, 0.29) is 5.54 Å². The Morgan fingerprint density at radius 3 is 2.50 bits per heavy atom. The van der Waals surface area contributed by atoms with E-state index in [4.69, 9.17) is 16.1 Å². The molecule has 0 saturated carbocycles. The van der Waals surface area contributed by atoms with Crippen LogP contribution in [0.25, 0.3) is 0 Å². The van der Waals surface area contributed by atoms with E-state index in [1.54, 1.807) is 0 Å². The molecule has 0 radical (unpaired) electrons. The van der Waals surface area contributed by atoms with Crippen LogP contribution in [0.2, 0.25) is 5.02 Å². The molecule has 2 aromatic rings. The Morgan fingerprint density at radius 2 is 1.89 bits per heavy atom. The summed E-state index contributed by atoms with van der Waals surface area (Å²) in [6.45, 7) is 6.11. The van der Waals surface area contributed by atoms with Gasteiger partial charge in [-0.2, -0.15) is 4.98 Å². The SMILES string of the molecule is CC(C)(C)Nc1nc(Cc2ccc(Cl)cc2)no1. The molecule has 0 atom stereocenters. The lowest BCUT2D eigenvalue weighted by Crippen LogP contribution is -2.26. The second-order valence-corrected chi connectivity index (χ2v) is 5.63. The van der Waals surface area contributed by atoms with E-state index in [0.717, 1.165) is 10.6 Å². The van der Waals surface area contributed by atoms with Gasteiger partial charge in [-0.25, -0.2) is 0 Å². The number of nitrogens with one attached hydrogen (secondary N) is 1. The van der Waals surface area contributed by atoms with Crippen molar-refractivity contribution in [2.45, 2.75) is 32.7 Å². The van der Waals surface area contributed by atoms with E-state index in [1.807, 2.05) is 45.0 Å². The van der Waals surface area contributed by atoms with Crippen LogP contribution < -0.4 is 5.32 Å². The number of hydrogen-bond donors (Lipinski definition) is 1. The fourth-order valence-electron chi connectivity index (χ4n) is 1.48. The normalized spacial score (nSPS) is 11.6. The van der Waals surface area contributed by atoms with Gasteiger partial charge in [-0.3, -0.25) is 0 Å². The van der Waals surface area contributed by atoms with Crippen LogP contribution in [0.1, 0.15) is 32.2 Å². The summed E-state index contributed by atoms with van der Waals surface area (Å²) in [5.74, 6) is 0.657. The van der Waals surface area contributed by atoms with E-state index >= 15 is 0 Å². The fraction of sp³-hybridized carbons (Fsp3) is 0.385. The molecule has 4 nitrogen and oxygen atoms in total. The number of nitrogens with zero attached hydrogens (tertiary/aromatic N) is 2. The Hall–Kier alpha value is -1.55. The predicted octanol–water partition coefficient (Wildman–Crippen LogP) is 3.52. The van der Waals surface area contributed by atoms with Gasteiger partial charge in [0.1, 0.15) is 0 Å². The van der Waals surface area contributed by atoms with Crippen molar-refractivity contribution in [2.75, 3.05) is 5.32 Å². The third-order valence-electron chi connectivity index (χ3n) is 2.23. The van der Waals surface area contributed by atoms with Crippen molar-refractivity contribution in [3.63, 3.8) is 0 Å². The van der Waals surface area contributed by atoms with Crippen LogP contribution in [0, 0.1) is 0 Å². The van der Waals surface area contributed by atoms with E-state index in [0.29, 0.717) is 18.3 Å². The molecule has 0 aliphatic rings. The highest BCUT2D eigenvalue weighted by Crippen LogP contribution is 2.15. The van der Waals surface area contributed by atoms with Gasteiger partial charge in [-0.15, -0.1) is 0 Å². The Labute approximate surface area is 111 Å². The zero-order valence-corrected chi connectivity index (χ0v) is 11.5. The molecule has 18 heavy (non-hydrogen) atoms. The number of aromatic nitrogens is 2. The largest absolute Gasteiger partial charge is 0.333 e. The quantitative estimate of drug-likeness (QED) is 0.922. The molecule has 0 fully saturated rings. The summed E-state index contributed by atoms with van der Waals surface area (Å²) in [5.41, 5.74) is 1.01. The second kappa shape index (κ2) is 4.98. The summed E-state index contributed by atoms with van der Waals surface area (Å²) >= 11 is 5.83. The Morgan fingerprint density at radius 1 is 1.22 bits per heavy atom. The van der Waals surface area contributed by atoms with Crippen molar-refractivity contribution < 1.29 is 4.52 Å². The third-order valence-corrected chi connectivity index (χ3v) is 2.48. The monoisotopic (exact) mass is 265 g/mol. The average Bonchev–Trinajstić information content (AvgIpc) is 2.66. The molecule has 0 aliphatic carbocycles. The minimum atomic E-state index is -0.0932. The third kappa shape index (κ3) is 3.74. The van der Waals surface area contributed by atoms with Crippen molar-refractivity contribution in [1.82, 2.24) is 10.1 Å². The maximum Gasteiger partial charge on any atom is 0.321 e. The Balaban J connectivity index is 2.04. The first-order valence-corrected chi connectivity index (χ1v) is 6.15. The molecule has 0 unspecified atom stereocenters. The van der Waals surface area contributed by atoms with Crippen molar-refractivity contribution in [1.29, 1.82) is 0 Å². The molecule has 0 aliphatic heterocycles. The maximum atomic E-state index is 5.83. The summed E-state index contributed by atoms with van der Waals surface area (Å²) in [6.07, 6.45) is 0.631. The molecule has 96 valence electrons. The smallest absolute Gasteiger partial charge is 0.321 e. The van der Waals surface area contributed by atoms with Crippen LogP contribution in [0.5, 0.6) is 0 Å². The average molecular weight is 266 g/mol. The molecule has 0 bridgehead atoms. The highest BCUT2D eigenvalue weighted by atomic mass is 35.5. The fourth-order valence-corrected chi connectivity index (χ4v) is 1.61. The number of hydrogen-bond acceptors (Lipinski definition) is 4. The van der Waals surface area contributed by atoms with Gasteiger partial charge in [0.05, 0.1) is 0 Å². The standard InChI is InChI=1S/C13H16ClN3O/c1-13(2,3)16-12-15-11(17-18-12)8-9-4-6-10(14)7-5-9/h4-7H,8H2,1-3H3,(H,15,16,17). The van der Waals surface area contributed by atoms with Gasteiger partial charge < -0.3 is 9.84 Å².